The Morgan fingerprint density at radius 3 is 2.35 bits per heavy atom. The zero-order valence-electron chi connectivity index (χ0n) is 11.8. The molecule has 0 bridgehead atoms. The van der Waals surface area contributed by atoms with Crippen LogP contribution in [0.25, 0.3) is 0 Å². The number of benzene rings is 1. The van der Waals surface area contributed by atoms with E-state index in [1.807, 2.05) is 13.8 Å². The number of anilines is 1. The van der Waals surface area contributed by atoms with Crippen molar-refractivity contribution in [1.29, 1.82) is 0 Å². The molecule has 2 unspecified atom stereocenters. The van der Waals surface area contributed by atoms with Gasteiger partial charge < -0.3 is 5.73 Å². The quantitative estimate of drug-likeness (QED) is 0.849. The van der Waals surface area contributed by atoms with Crippen molar-refractivity contribution in [3.8, 4) is 0 Å². The van der Waals surface area contributed by atoms with Crippen molar-refractivity contribution >= 4 is 27.5 Å². The fourth-order valence-electron chi connectivity index (χ4n) is 2.39. The van der Waals surface area contributed by atoms with Crippen molar-refractivity contribution in [2.45, 2.75) is 36.2 Å². The molecule has 20 heavy (non-hydrogen) atoms. The number of rotatable bonds is 2. The molecule has 1 heterocycles. The highest BCUT2D eigenvalue weighted by Gasteiger charge is 2.32. The Hall–Kier alpha value is -0.790. The van der Waals surface area contributed by atoms with Crippen LogP contribution < -0.4 is 5.73 Å². The molecule has 1 saturated heterocycles. The van der Waals surface area contributed by atoms with Gasteiger partial charge in [-0.15, -0.1) is 0 Å². The second-order valence-corrected chi connectivity index (χ2v) is 9.04. The number of hydrogen-bond donors (Lipinski definition) is 1. The second-order valence-electron chi connectivity index (χ2n) is 5.22. The molecule has 0 aromatic heterocycles. The van der Waals surface area contributed by atoms with Gasteiger partial charge in [0.25, 0.3) is 0 Å². The molecule has 2 rings (SSSR count). The standard InChI is InChI=1S/C13H19FN2O2S2/c1-8-4-11(5-12(15)13(8)14)20(17,18)16-6-9(2)19-10(3)7-16/h4-5,9-10H,6-7,15H2,1-3H3. The molecule has 1 aromatic carbocycles. The summed E-state index contributed by atoms with van der Waals surface area (Å²) in [6.07, 6.45) is 0. The molecule has 4 nitrogen and oxygen atoms in total. The van der Waals surface area contributed by atoms with Gasteiger partial charge in [-0.25, -0.2) is 12.8 Å². The number of thioether (sulfide) groups is 1. The number of nitrogen functional groups attached to an aromatic ring is 1. The first-order valence-corrected chi connectivity index (χ1v) is 8.81. The highest BCUT2D eigenvalue weighted by molar-refractivity contribution is 8.00. The van der Waals surface area contributed by atoms with Gasteiger partial charge in [0.15, 0.2) is 0 Å². The maximum atomic E-state index is 13.5. The molecule has 0 spiro atoms. The fourth-order valence-corrected chi connectivity index (χ4v) is 5.64. The van der Waals surface area contributed by atoms with E-state index in [9.17, 15) is 12.8 Å². The maximum absolute atomic E-state index is 13.5. The number of nitrogens with two attached hydrogens (primary N) is 1. The molecule has 1 fully saturated rings. The topological polar surface area (TPSA) is 63.4 Å². The Morgan fingerprint density at radius 2 is 1.85 bits per heavy atom. The van der Waals surface area contributed by atoms with Gasteiger partial charge in [0.05, 0.1) is 10.6 Å². The number of aryl methyl sites for hydroxylation is 1. The molecular weight excluding hydrogens is 299 g/mol. The summed E-state index contributed by atoms with van der Waals surface area (Å²) in [5.41, 5.74) is 5.66. The van der Waals surface area contributed by atoms with E-state index in [0.717, 1.165) is 0 Å². The van der Waals surface area contributed by atoms with Crippen LogP contribution in [0.3, 0.4) is 0 Å². The number of sulfonamides is 1. The van der Waals surface area contributed by atoms with E-state index >= 15 is 0 Å². The second kappa shape index (κ2) is 5.54. The van der Waals surface area contributed by atoms with Crippen molar-refractivity contribution in [2.75, 3.05) is 18.8 Å². The Morgan fingerprint density at radius 1 is 1.30 bits per heavy atom. The molecule has 0 amide bonds. The van der Waals surface area contributed by atoms with E-state index < -0.39 is 15.8 Å². The third-order valence-corrected chi connectivity index (χ3v) is 6.32. The van der Waals surface area contributed by atoms with Crippen LogP contribution in [-0.4, -0.2) is 36.3 Å². The smallest absolute Gasteiger partial charge is 0.243 e. The molecule has 0 aliphatic carbocycles. The lowest BCUT2D eigenvalue weighted by atomic mass is 10.2. The number of halogens is 1. The Bertz CT molecular complexity index is 586. The summed E-state index contributed by atoms with van der Waals surface area (Å²) < 4.78 is 40.3. The number of nitrogens with zero attached hydrogens (tertiary/aromatic N) is 1. The van der Waals surface area contributed by atoms with Crippen LogP contribution >= 0.6 is 11.8 Å². The average Bonchev–Trinajstić information content (AvgIpc) is 2.34. The van der Waals surface area contributed by atoms with Gasteiger partial charge in [-0.3, -0.25) is 0 Å². The zero-order chi connectivity index (χ0) is 15.1. The first-order chi connectivity index (χ1) is 9.21. The Kier molecular flexibility index (Phi) is 4.32. The van der Waals surface area contributed by atoms with E-state index in [1.165, 1.54) is 23.4 Å². The molecule has 0 saturated carbocycles. The van der Waals surface area contributed by atoms with Crippen LogP contribution in [0.15, 0.2) is 17.0 Å². The third-order valence-electron chi connectivity index (χ3n) is 3.28. The van der Waals surface area contributed by atoms with Crippen molar-refractivity contribution in [3.05, 3.63) is 23.5 Å². The largest absolute Gasteiger partial charge is 0.396 e. The van der Waals surface area contributed by atoms with Gasteiger partial charge >= 0.3 is 0 Å². The summed E-state index contributed by atoms with van der Waals surface area (Å²) in [5.74, 6) is -0.556. The monoisotopic (exact) mass is 318 g/mol. The van der Waals surface area contributed by atoms with Gasteiger partial charge in [-0.05, 0) is 24.6 Å². The number of hydrogen-bond acceptors (Lipinski definition) is 4. The van der Waals surface area contributed by atoms with E-state index in [-0.39, 0.29) is 26.6 Å². The van der Waals surface area contributed by atoms with Crippen LogP contribution in [-0.2, 0) is 10.0 Å². The van der Waals surface area contributed by atoms with Gasteiger partial charge in [-0.1, -0.05) is 13.8 Å². The van der Waals surface area contributed by atoms with Gasteiger partial charge in [-0.2, -0.15) is 16.1 Å². The normalized spacial score (nSPS) is 24.8. The minimum Gasteiger partial charge on any atom is -0.396 e. The first-order valence-electron chi connectivity index (χ1n) is 6.43. The first kappa shape index (κ1) is 15.6. The minimum atomic E-state index is -3.62. The lowest BCUT2D eigenvalue weighted by molar-refractivity contribution is 0.404. The predicted molar refractivity (Wildman–Crippen MR) is 80.8 cm³/mol. The van der Waals surface area contributed by atoms with E-state index in [1.54, 1.807) is 11.8 Å². The van der Waals surface area contributed by atoms with Crippen LogP contribution in [0.5, 0.6) is 0 Å². The lowest BCUT2D eigenvalue weighted by Gasteiger charge is -2.33. The van der Waals surface area contributed by atoms with Gasteiger partial charge in [0.1, 0.15) is 5.82 Å². The fraction of sp³-hybridized carbons (Fsp3) is 0.538. The van der Waals surface area contributed by atoms with E-state index in [2.05, 4.69) is 0 Å². The summed E-state index contributed by atoms with van der Waals surface area (Å²) >= 11 is 1.77. The average molecular weight is 318 g/mol. The highest BCUT2D eigenvalue weighted by Crippen LogP contribution is 2.30. The Balaban J connectivity index is 2.40. The highest BCUT2D eigenvalue weighted by atomic mass is 32.2. The summed E-state index contributed by atoms with van der Waals surface area (Å²) in [6, 6.07) is 2.55. The van der Waals surface area contributed by atoms with Crippen LogP contribution in [0.2, 0.25) is 0 Å². The predicted octanol–water partition coefficient (Wildman–Crippen LogP) is 2.23. The molecule has 0 radical (unpaired) electrons. The minimum absolute atomic E-state index is 0.0696. The van der Waals surface area contributed by atoms with Gasteiger partial charge in [0, 0.05) is 23.6 Å². The van der Waals surface area contributed by atoms with Gasteiger partial charge in [0.2, 0.25) is 10.0 Å². The molecule has 2 atom stereocenters. The third kappa shape index (κ3) is 2.94. The van der Waals surface area contributed by atoms with Crippen molar-refractivity contribution in [1.82, 2.24) is 4.31 Å². The summed E-state index contributed by atoms with van der Waals surface area (Å²) in [4.78, 5) is 0.0696. The van der Waals surface area contributed by atoms with Crippen LogP contribution in [0.1, 0.15) is 19.4 Å². The van der Waals surface area contributed by atoms with E-state index in [0.29, 0.717) is 13.1 Å². The van der Waals surface area contributed by atoms with E-state index in [4.69, 9.17) is 5.73 Å². The van der Waals surface area contributed by atoms with Crippen molar-refractivity contribution in [3.63, 3.8) is 0 Å². The summed E-state index contributed by atoms with van der Waals surface area (Å²) in [7, 11) is -3.62. The lowest BCUT2D eigenvalue weighted by Crippen LogP contribution is -2.43. The molecule has 2 N–H and O–H groups in total. The van der Waals surface area contributed by atoms with Crippen LogP contribution in [0.4, 0.5) is 10.1 Å². The Labute approximate surface area is 123 Å². The van der Waals surface area contributed by atoms with Crippen molar-refractivity contribution in [2.24, 2.45) is 0 Å². The molecular formula is C13H19FN2O2S2. The molecule has 1 aromatic rings. The molecule has 112 valence electrons. The molecule has 7 heteroatoms. The summed E-state index contributed by atoms with van der Waals surface area (Å²) in [5, 5.41) is 0.486. The zero-order valence-corrected chi connectivity index (χ0v) is 13.4. The molecule has 1 aliphatic heterocycles. The molecule has 1 aliphatic rings. The SMILES string of the molecule is Cc1cc(S(=O)(=O)N2CC(C)SC(C)C2)cc(N)c1F. The van der Waals surface area contributed by atoms with Crippen LogP contribution in [0, 0.1) is 12.7 Å². The van der Waals surface area contributed by atoms with Crippen molar-refractivity contribution < 1.29 is 12.8 Å². The maximum Gasteiger partial charge on any atom is 0.243 e. The summed E-state index contributed by atoms with van der Waals surface area (Å²) in [6.45, 7) is 6.46.